The van der Waals surface area contributed by atoms with Crippen molar-refractivity contribution in [2.24, 2.45) is 0 Å². The molecular formula is C12H9N3. The van der Waals surface area contributed by atoms with E-state index in [1.54, 1.807) is 12.3 Å². The number of nitriles is 1. The van der Waals surface area contributed by atoms with Crippen molar-refractivity contribution in [3.63, 3.8) is 0 Å². The Hall–Kier alpha value is -2.34. The molecule has 0 fully saturated rings. The van der Waals surface area contributed by atoms with E-state index in [-0.39, 0.29) is 0 Å². The maximum Gasteiger partial charge on any atom is 0.149 e. The fourth-order valence-corrected chi connectivity index (χ4v) is 1.40. The van der Waals surface area contributed by atoms with Gasteiger partial charge in [0.05, 0.1) is 0 Å². The second-order valence-corrected chi connectivity index (χ2v) is 3.04. The molecule has 0 amide bonds. The molecule has 0 bridgehead atoms. The molecule has 0 radical (unpaired) electrons. The van der Waals surface area contributed by atoms with Crippen molar-refractivity contribution in [3.8, 4) is 17.3 Å². The van der Waals surface area contributed by atoms with Crippen molar-refractivity contribution in [3.05, 3.63) is 48.4 Å². The number of nitrogens with one attached hydrogen (secondary N) is 1. The third kappa shape index (κ3) is 1.65. The molecule has 2 aromatic heterocycles. The van der Waals surface area contributed by atoms with Gasteiger partial charge in [0.2, 0.25) is 0 Å². The first-order valence-corrected chi connectivity index (χ1v) is 4.52. The van der Waals surface area contributed by atoms with Gasteiger partial charge in [0, 0.05) is 23.1 Å². The van der Waals surface area contributed by atoms with Gasteiger partial charge in [-0.1, -0.05) is 6.58 Å². The van der Waals surface area contributed by atoms with Gasteiger partial charge in [-0.2, -0.15) is 5.26 Å². The molecule has 2 heterocycles. The van der Waals surface area contributed by atoms with Crippen molar-refractivity contribution in [2.45, 2.75) is 0 Å². The number of rotatable bonds is 2. The molecular weight excluding hydrogens is 186 g/mol. The van der Waals surface area contributed by atoms with Crippen molar-refractivity contribution < 1.29 is 0 Å². The van der Waals surface area contributed by atoms with Crippen LogP contribution in [0, 0.1) is 11.3 Å². The SMILES string of the molecule is C=Cc1ccc(-c2cccnc2C#N)[nH]1. The number of aromatic amines is 1. The first-order chi connectivity index (χ1) is 7.35. The zero-order valence-corrected chi connectivity index (χ0v) is 8.07. The number of nitrogens with zero attached hydrogens (tertiary/aromatic N) is 2. The molecule has 15 heavy (non-hydrogen) atoms. The van der Waals surface area contributed by atoms with Crippen LogP contribution in [0.25, 0.3) is 17.3 Å². The Kier molecular flexibility index (Phi) is 2.34. The summed E-state index contributed by atoms with van der Waals surface area (Å²) in [4.78, 5) is 7.15. The second kappa shape index (κ2) is 3.81. The van der Waals surface area contributed by atoms with Crippen LogP contribution in [0.1, 0.15) is 11.4 Å². The summed E-state index contributed by atoms with van der Waals surface area (Å²) in [5.41, 5.74) is 3.05. The van der Waals surface area contributed by atoms with Crippen molar-refractivity contribution in [1.29, 1.82) is 5.26 Å². The standard InChI is InChI=1S/C12H9N3/c1-2-9-5-6-11(15-9)10-4-3-7-14-12(10)8-13/h2-7,15H,1H2. The molecule has 2 rings (SSSR count). The van der Waals surface area contributed by atoms with Crippen LogP contribution in [0.2, 0.25) is 0 Å². The lowest BCUT2D eigenvalue weighted by Crippen LogP contribution is -1.87. The molecule has 0 saturated heterocycles. The third-order valence-electron chi connectivity index (χ3n) is 2.13. The quantitative estimate of drug-likeness (QED) is 0.800. The molecule has 0 unspecified atom stereocenters. The van der Waals surface area contributed by atoms with Crippen LogP contribution in [0.4, 0.5) is 0 Å². The molecule has 0 spiro atoms. The monoisotopic (exact) mass is 195 g/mol. The molecule has 0 aliphatic rings. The number of hydrogen-bond donors (Lipinski definition) is 1. The lowest BCUT2D eigenvalue weighted by Gasteiger charge is -1.98. The van der Waals surface area contributed by atoms with Gasteiger partial charge in [-0.05, 0) is 30.3 Å². The molecule has 0 aliphatic heterocycles. The van der Waals surface area contributed by atoms with Crippen LogP contribution < -0.4 is 0 Å². The Morgan fingerprint density at radius 1 is 1.40 bits per heavy atom. The summed E-state index contributed by atoms with van der Waals surface area (Å²) in [5.74, 6) is 0. The number of pyridine rings is 1. The van der Waals surface area contributed by atoms with Crippen LogP contribution in [0.15, 0.2) is 37.0 Å². The zero-order valence-electron chi connectivity index (χ0n) is 8.07. The van der Waals surface area contributed by atoms with E-state index >= 15 is 0 Å². The van der Waals surface area contributed by atoms with E-state index in [9.17, 15) is 0 Å². The maximum atomic E-state index is 8.90. The predicted octanol–water partition coefficient (Wildman–Crippen LogP) is 2.59. The Bertz CT molecular complexity index is 532. The highest BCUT2D eigenvalue weighted by atomic mass is 14.7. The Balaban J connectivity index is 2.54. The summed E-state index contributed by atoms with van der Waals surface area (Å²) in [5, 5.41) is 8.90. The molecule has 1 N–H and O–H groups in total. The fourth-order valence-electron chi connectivity index (χ4n) is 1.40. The largest absolute Gasteiger partial charge is 0.355 e. The predicted molar refractivity (Wildman–Crippen MR) is 58.8 cm³/mol. The summed E-state index contributed by atoms with van der Waals surface area (Å²) in [6, 6.07) is 9.56. The summed E-state index contributed by atoms with van der Waals surface area (Å²) in [6.07, 6.45) is 3.34. The molecule has 3 heteroatoms. The average molecular weight is 195 g/mol. The first kappa shape index (κ1) is 9.22. The molecule has 0 atom stereocenters. The first-order valence-electron chi connectivity index (χ1n) is 4.52. The highest BCUT2D eigenvalue weighted by Gasteiger charge is 2.06. The van der Waals surface area contributed by atoms with E-state index < -0.39 is 0 Å². The molecule has 0 aliphatic carbocycles. The molecule has 72 valence electrons. The smallest absolute Gasteiger partial charge is 0.149 e. The van der Waals surface area contributed by atoms with Crippen LogP contribution in [0.5, 0.6) is 0 Å². The minimum absolute atomic E-state index is 0.426. The average Bonchev–Trinajstić information content (AvgIpc) is 2.77. The van der Waals surface area contributed by atoms with E-state index in [4.69, 9.17) is 5.26 Å². The van der Waals surface area contributed by atoms with Gasteiger partial charge in [0.25, 0.3) is 0 Å². The van der Waals surface area contributed by atoms with Gasteiger partial charge in [-0.15, -0.1) is 0 Å². The molecule has 0 saturated carbocycles. The van der Waals surface area contributed by atoms with E-state index in [0.29, 0.717) is 5.69 Å². The van der Waals surface area contributed by atoms with Gasteiger partial charge in [-0.25, -0.2) is 4.98 Å². The van der Waals surface area contributed by atoms with Gasteiger partial charge in [0.1, 0.15) is 11.8 Å². The minimum atomic E-state index is 0.426. The molecule has 3 nitrogen and oxygen atoms in total. The van der Waals surface area contributed by atoms with Crippen LogP contribution >= 0.6 is 0 Å². The number of H-pyrrole nitrogens is 1. The highest BCUT2D eigenvalue weighted by molar-refractivity contribution is 5.67. The topological polar surface area (TPSA) is 52.5 Å². The summed E-state index contributed by atoms with van der Waals surface area (Å²) >= 11 is 0. The Labute approximate surface area is 87.7 Å². The van der Waals surface area contributed by atoms with Gasteiger partial charge < -0.3 is 4.98 Å². The maximum absolute atomic E-state index is 8.90. The summed E-state index contributed by atoms with van der Waals surface area (Å²) < 4.78 is 0. The van der Waals surface area contributed by atoms with E-state index in [2.05, 4.69) is 22.6 Å². The highest BCUT2D eigenvalue weighted by Crippen LogP contribution is 2.20. The van der Waals surface area contributed by atoms with Crippen LogP contribution in [0.3, 0.4) is 0 Å². The lowest BCUT2D eigenvalue weighted by molar-refractivity contribution is 1.25. The molecule has 2 aromatic rings. The normalized spacial score (nSPS) is 9.53. The van der Waals surface area contributed by atoms with E-state index in [1.165, 1.54) is 0 Å². The lowest BCUT2D eigenvalue weighted by atomic mass is 10.1. The van der Waals surface area contributed by atoms with Crippen molar-refractivity contribution in [2.75, 3.05) is 0 Å². The third-order valence-corrected chi connectivity index (χ3v) is 2.13. The zero-order chi connectivity index (χ0) is 10.7. The van der Waals surface area contributed by atoms with Gasteiger partial charge >= 0.3 is 0 Å². The number of aromatic nitrogens is 2. The Morgan fingerprint density at radius 2 is 2.27 bits per heavy atom. The van der Waals surface area contributed by atoms with Gasteiger partial charge in [0.15, 0.2) is 0 Å². The second-order valence-electron chi connectivity index (χ2n) is 3.04. The minimum Gasteiger partial charge on any atom is -0.355 e. The summed E-state index contributed by atoms with van der Waals surface area (Å²) in [7, 11) is 0. The van der Waals surface area contributed by atoms with Crippen LogP contribution in [-0.4, -0.2) is 9.97 Å². The van der Waals surface area contributed by atoms with E-state index in [1.807, 2.05) is 24.3 Å². The Morgan fingerprint density at radius 3 is 2.93 bits per heavy atom. The van der Waals surface area contributed by atoms with Crippen LogP contribution in [-0.2, 0) is 0 Å². The summed E-state index contributed by atoms with van der Waals surface area (Å²) in [6.45, 7) is 3.67. The van der Waals surface area contributed by atoms with Gasteiger partial charge in [-0.3, -0.25) is 0 Å². The van der Waals surface area contributed by atoms with Crippen molar-refractivity contribution >= 4 is 6.08 Å². The fraction of sp³-hybridized carbons (Fsp3) is 0. The van der Waals surface area contributed by atoms with E-state index in [0.717, 1.165) is 17.0 Å². The molecule has 0 aromatic carbocycles. The van der Waals surface area contributed by atoms with Crippen molar-refractivity contribution in [1.82, 2.24) is 9.97 Å². The number of hydrogen-bond acceptors (Lipinski definition) is 2.